The lowest BCUT2D eigenvalue weighted by Gasteiger charge is -2.57. The van der Waals surface area contributed by atoms with E-state index in [1.54, 1.807) is 7.11 Å². The van der Waals surface area contributed by atoms with E-state index in [-0.39, 0.29) is 17.2 Å². The molecular weight excluding hydrogens is 493 g/mol. The van der Waals surface area contributed by atoms with E-state index in [2.05, 4.69) is 9.88 Å². The number of likely N-dealkylation sites (tertiary alicyclic amines) is 1. The Morgan fingerprint density at radius 3 is 2.65 bits per heavy atom. The van der Waals surface area contributed by atoms with E-state index in [1.165, 1.54) is 6.07 Å². The summed E-state index contributed by atoms with van der Waals surface area (Å²) in [5.41, 5.74) is 0.144. The number of nitrogens with one attached hydrogen (secondary N) is 1. The predicted octanol–water partition coefficient (Wildman–Crippen LogP) is 3.64. The van der Waals surface area contributed by atoms with Gasteiger partial charge in [0.25, 0.3) is 10.0 Å². The van der Waals surface area contributed by atoms with Crippen LogP contribution in [0.5, 0.6) is 0 Å². The van der Waals surface area contributed by atoms with Gasteiger partial charge in [-0.3, -0.25) is 9.62 Å². The molecule has 1 unspecified atom stereocenters. The standard InChI is InChI=1S/C22H24ClF3N4O3S/c1-33-13-10-30(11-13)16-5-6-22(16)7-8-29(12-22)15-9-14(24)21(20(26)19(15)23)34(31,32)28-18-4-2-3-17(25)27-18/h2-4,9,13,16H,5-8,10-12H2,1H3,(H,27,28)/t16?,22-/m0/s1. The molecule has 2 aromatic rings. The highest BCUT2D eigenvalue weighted by Gasteiger charge is 2.55. The molecule has 5 rings (SSSR count). The third-order valence-corrected chi connectivity index (χ3v) is 9.07. The van der Waals surface area contributed by atoms with Gasteiger partial charge in [-0.15, -0.1) is 0 Å². The van der Waals surface area contributed by atoms with Gasteiger partial charge in [0.15, 0.2) is 10.7 Å². The first kappa shape index (κ1) is 23.7. The Labute approximate surface area is 200 Å². The van der Waals surface area contributed by atoms with Gasteiger partial charge in [-0.05, 0) is 31.4 Å². The minimum atomic E-state index is -4.74. The van der Waals surface area contributed by atoms with Gasteiger partial charge in [0.1, 0.15) is 16.7 Å². The van der Waals surface area contributed by atoms with Gasteiger partial charge in [0.2, 0.25) is 5.95 Å². The zero-order chi connectivity index (χ0) is 24.3. The lowest BCUT2D eigenvalue weighted by molar-refractivity contribution is -0.112. The minimum absolute atomic E-state index is 0.0182. The normalized spacial score (nSPS) is 25.4. The van der Waals surface area contributed by atoms with Crippen molar-refractivity contribution < 1.29 is 26.3 Å². The third kappa shape index (κ3) is 3.92. The Morgan fingerprint density at radius 1 is 1.24 bits per heavy atom. The average Bonchev–Trinajstić information content (AvgIpc) is 3.19. The molecule has 1 N–H and O–H groups in total. The van der Waals surface area contributed by atoms with Crippen LogP contribution in [0.1, 0.15) is 19.3 Å². The van der Waals surface area contributed by atoms with Crippen LogP contribution < -0.4 is 9.62 Å². The van der Waals surface area contributed by atoms with Gasteiger partial charge in [-0.2, -0.15) is 4.39 Å². The molecule has 3 heterocycles. The van der Waals surface area contributed by atoms with Crippen LogP contribution in [-0.2, 0) is 14.8 Å². The summed E-state index contributed by atoms with van der Waals surface area (Å²) in [6, 6.07) is 4.74. The van der Waals surface area contributed by atoms with Crippen molar-refractivity contribution in [2.24, 2.45) is 5.41 Å². The summed E-state index contributed by atoms with van der Waals surface area (Å²) in [7, 11) is -3.04. The summed E-state index contributed by atoms with van der Waals surface area (Å²) in [5, 5.41) is -0.467. The Morgan fingerprint density at radius 2 is 2.00 bits per heavy atom. The summed E-state index contributed by atoms with van der Waals surface area (Å²) in [5.74, 6) is -4.02. The van der Waals surface area contributed by atoms with E-state index in [0.29, 0.717) is 19.1 Å². The molecule has 34 heavy (non-hydrogen) atoms. The third-order valence-electron chi connectivity index (χ3n) is 7.32. The fourth-order valence-corrected chi connectivity index (χ4v) is 6.87. The second kappa shape index (κ2) is 8.54. The monoisotopic (exact) mass is 516 g/mol. The highest BCUT2D eigenvalue weighted by Crippen LogP contribution is 2.53. The molecule has 2 aliphatic heterocycles. The predicted molar refractivity (Wildman–Crippen MR) is 121 cm³/mol. The molecule has 184 valence electrons. The zero-order valence-electron chi connectivity index (χ0n) is 18.4. The van der Waals surface area contributed by atoms with Crippen molar-refractivity contribution in [2.75, 3.05) is 42.9 Å². The van der Waals surface area contributed by atoms with Crippen LogP contribution in [0.2, 0.25) is 5.02 Å². The Bertz CT molecular complexity index is 1230. The summed E-state index contributed by atoms with van der Waals surface area (Å²) < 4.78 is 76.1. The van der Waals surface area contributed by atoms with Crippen LogP contribution in [0.4, 0.5) is 24.7 Å². The van der Waals surface area contributed by atoms with Gasteiger partial charge < -0.3 is 9.64 Å². The number of sulfonamides is 1. The number of hydrogen-bond donors (Lipinski definition) is 1. The maximum absolute atomic E-state index is 15.2. The second-order valence-corrected chi connectivity index (χ2v) is 11.2. The van der Waals surface area contributed by atoms with Crippen LogP contribution in [0.3, 0.4) is 0 Å². The molecule has 2 atom stereocenters. The zero-order valence-corrected chi connectivity index (χ0v) is 20.0. The molecule has 1 aliphatic carbocycles. The number of ether oxygens (including phenoxy) is 1. The molecule has 1 saturated carbocycles. The number of halogens is 4. The molecule has 12 heteroatoms. The Balaban J connectivity index is 1.37. The quantitative estimate of drug-likeness (QED) is 0.467. The van der Waals surface area contributed by atoms with Crippen molar-refractivity contribution in [3.05, 3.63) is 46.9 Å². The lowest BCUT2D eigenvalue weighted by atomic mass is 9.62. The molecule has 1 spiro atoms. The van der Waals surface area contributed by atoms with Crippen LogP contribution in [-0.4, -0.2) is 63.7 Å². The molecule has 0 bridgehead atoms. The van der Waals surface area contributed by atoms with Gasteiger partial charge in [-0.1, -0.05) is 17.7 Å². The van der Waals surface area contributed by atoms with Crippen LogP contribution in [0.15, 0.2) is 29.2 Å². The molecule has 1 aromatic heterocycles. The summed E-state index contributed by atoms with van der Waals surface area (Å²) in [6.07, 6.45) is 3.19. The first-order chi connectivity index (χ1) is 16.1. The number of rotatable bonds is 6. The molecule has 1 aromatic carbocycles. The molecule has 0 radical (unpaired) electrons. The van der Waals surface area contributed by atoms with Crippen molar-refractivity contribution in [3.63, 3.8) is 0 Å². The van der Waals surface area contributed by atoms with Crippen molar-refractivity contribution in [1.82, 2.24) is 9.88 Å². The Hall–Kier alpha value is -2.08. The highest BCUT2D eigenvalue weighted by molar-refractivity contribution is 7.92. The summed E-state index contributed by atoms with van der Waals surface area (Å²) >= 11 is 6.24. The van der Waals surface area contributed by atoms with Gasteiger partial charge in [0.05, 0.1) is 11.8 Å². The van der Waals surface area contributed by atoms with Crippen molar-refractivity contribution in [1.29, 1.82) is 0 Å². The first-order valence-electron chi connectivity index (χ1n) is 11.0. The molecule has 3 aliphatic rings. The maximum Gasteiger partial charge on any atom is 0.268 e. The summed E-state index contributed by atoms with van der Waals surface area (Å²) in [6.45, 7) is 2.91. The number of benzene rings is 1. The van der Waals surface area contributed by atoms with Gasteiger partial charge >= 0.3 is 0 Å². The number of aromatic nitrogens is 1. The van der Waals surface area contributed by atoms with E-state index in [4.69, 9.17) is 16.3 Å². The number of nitrogens with zero attached hydrogens (tertiary/aromatic N) is 3. The topological polar surface area (TPSA) is 74.8 Å². The molecule has 2 saturated heterocycles. The van der Waals surface area contributed by atoms with Crippen molar-refractivity contribution >= 4 is 33.1 Å². The van der Waals surface area contributed by atoms with E-state index < -0.39 is 43.3 Å². The molecule has 3 fully saturated rings. The van der Waals surface area contributed by atoms with Crippen LogP contribution >= 0.6 is 11.6 Å². The molecular formula is C22H24ClF3N4O3S. The highest BCUT2D eigenvalue weighted by atomic mass is 35.5. The number of hydrogen-bond acceptors (Lipinski definition) is 6. The van der Waals surface area contributed by atoms with E-state index in [9.17, 15) is 12.8 Å². The molecule has 7 nitrogen and oxygen atoms in total. The largest absolute Gasteiger partial charge is 0.379 e. The average molecular weight is 517 g/mol. The lowest BCUT2D eigenvalue weighted by Crippen LogP contribution is -2.65. The van der Waals surface area contributed by atoms with Crippen molar-refractivity contribution in [2.45, 2.75) is 36.3 Å². The number of anilines is 2. The minimum Gasteiger partial charge on any atom is -0.379 e. The van der Waals surface area contributed by atoms with Gasteiger partial charge in [-0.25, -0.2) is 22.2 Å². The van der Waals surface area contributed by atoms with Crippen LogP contribution in [0, 0.1) is 23.0 Å². The maximum atomic E-state index is 15.2. The molecule has 0 amide bonds. The Kier molecular flexibility index (Phi) is 5.94. The van der Waals surface area contributed by atoms with E-state index >= 15 is 8.78 Å². The van der Waals surface area contributed by atoms with Crippen molar-refractivity contribution in [3.8, 4) is 0 Å². The van der Waals surface area contributed by atoms with E-state index in [1.807, 2.05) is 9.62 Å². The van der Waals surface area contributed by atoms with Gasteiger partial charge in [0, 0.05) is 50.8 Å². The van der Waals surface area contributed by atoms with E-state index in [0.717, 1.165) is 50.6 Å². The van der Waals surface area contributed by atoms with Crippen LogP contribution in [0.25, 0.3) is 0 Å². The second-order valence-electron chi connectivity index (χ2n) is 9.19. The number of methoxy groups -OCH3 is 1. The fraction of sp³-hybridized carbons (Fsp3) is 0.500. The summed E-state index contributed by atoms with van der Waals surface area (Å²) in [4.78, 5) is 6.36. The smallest absolute Gasteiger partial charge is 0.268 e. The number of pyridine rings is 1. The SMILES string of the molecule is COC1CN(C2CC[C@@]23CCN(c2cc(F)c(S(=O)(=O)Nc4cccc(F)n4)c(F)c2Cl)C3)C1. The fourth-order valence-electron chi connectivity index (χ4n) is 5.40. The first-order valence-corrected chi connectivity index (χ1v) is 12.8.